The van der Waals surface area contributed by atoms with E-state index in [1.807, 2.05) is 43.3 Å². The predicted molar refractivity (Wildman–Crippen MR) is 211 cm³/mol. The fraction of sp³-hybridized carbons (Fsp3) is 0.561. The molecular formula is C41H60N2O7SSi. The lowest BCUT2D eigenvalue weighted by atomic mass is 9.85. The molecule has 2 heterocycles. The third-order valence-corrected chi connectivity index (χ3v) is 19.0. The van der Waals surface area contributed by atoms with Crippen molar-refractivity contribution in [1.82, 2.24) is 4.31 Å². The summed E-state index contributed by atoms with van der Waals surface area (Å²) in [6.07, 6.45) is -0.00167. The van der Waals surface area contributed by atoms with Gasteiger partial charge in [-0.2, -0.15) is 4.31 Å². The topological polar surface area (TPSA) is 86.8 Å². The summed E-state index contributed by atoms with van der Waals surface area (Å²) in [5.41, 5.74) is 5.05. The first-order chi connectivity index (χ1) is 24.8. The molecule has 0 N–H and O–H groups in total. The summed E-state index contributed by atoms with van der Waals surface area (Å²) in [5, 5.41) is 0. The molecule has 52 heavy (non-hydrogen) atoms. The first-order valence-electron chi connectivity index (χ1n) is 18.8. The van der Waals surface area contributed by atoms with E-state index in [2.05, 4.69) is 64.6 Å². The van der Waals surface area contributed by atoms with Crippen LogP contribution in [0.1, 0.15) is 70.6 Å². The van der Waals surface area contributed by atoms with Crippen molar-refractivity contribution in [1.29, 1.82) is 0 Å². The van der Waals surface area contributed by atoms with Crippen LogP contribution in [-0.4, -0.2) is 86.9 Å². The van der Waals surface area contributed by atoms with Crippen LogP contribution in [0.5, 0.6) is 11.5 Å². The molecule has 0 unspecified atom stereocenters. The lowest BCUT2D eigenvalue weighted by Crippen LogP contribution is -2.59. The highest BCUT2D eigenvalue weighted by Crippen LogP contribution is 2.47. The first-order valence-corrected chi connectivity index (χ1v) is 22.4. The Morgan fingerprint density at radius 1 is 0.865 bits per heavy atom. The first kappa shape index (κ1) is 40.3. The minimum atomic E-state index is -3.86. The average molecular weight is 753 g/mol. The van der Waals surface area contributed by atoms with Crippen LogP contribution < -0.4 is 14.4 Å². The molecule has 5 rings (SSSR count). The van der Waals surface area contributed by atoms with Crippen molar-refractivity contribution >= 4 is 24.0 Å². The van der Waals surface area contributed by atoms with Gasteiger partial charge in [0.15, 0.2) is 0 Å². The second-order valence-corrected chi connectivity index (χ2v) is 22.6. The van der Waals surface area contributed by atoms with Crippen molar-refractivity contribution in [3.05, 3.63) is 83.4 Å². The summed E-state index contributed by atoms with van der Waals surface area (Å²) in [4.78, 5) is 2.62. The van der Waals surface area contributed by atoms with Crippen molar-refractivity contribution in [3.63, 3.8) is 0 Å². The number of aryl methyl sites for hydroxylation is 1. The van der Waals surface area contributed by atoms with E-state index in [4.69, 9.17) is 23.4 Å². The van der Waals surface area contributed by atoms with E-state index in [0.717, 1.165) is 53.4 Å². The van der Waals surface area contributed by atoms with Crippen molar-refractivity contribution in [2.24, 2.45) is 0 Å². The largest absolute Gasteiger partial charge is 0.497 e. The van der Waals surface area contributed by atoms with Gasteiger partial charge in [-0.1, -0.05) is 77.4 Å². The van der Waals surface area contributed by atoms with E-state index in [-0.39, 0.29) is 23.9 Å². The molecule has 0 radical (unpaired) electrons. The molecule has 0 bridgehead atoms. The quantitative estimate of drug-likeness (QED) is 0.107. The maximum Gasteiger partial charge on any atom is 0.243 e. The Kier molecular flexibility index (Phi) is 13.5. The predicted octanol–water partition coefficient (Wildman–Crippen LogP) is 8.17. The molecule has 0 aromatic heterocycles. The number of hydrogen-bond donors (Lipinski definition) is 0. The molecule has 1 saturated heterocycles. The number of rotatable bonds is 16. The molecule has 11 heteroatoms. The molecule has 1 fully saturated rings. The maximum atomic E-state index is 14.4. The smallest absolute Gasteiger partial charge is 0.243 e. The molecule has 0 amide bonds. The van der Waals surface area contributed by atoms with Crippen LogP contribution in [0.15, 0.2) is 71.6 Å². The van der Waals surface area contributed by atoms with Crippen LogP contribution >= 0.6 is 0 Å². The van der Waals surface area contributed by atoms with Gasteiger partial charge in [-0.25, -0.2) is 8.42 Å². The number of ether oxygens (including phenoxy) is 4. The lowest BCUT2D eigenvalue weighted by molar-refractivity contribution is -0.0504. The number of methoxy groups -OCH3 is 2. The highest BCUT2D eigenvalue weighted by molar-refractivity contribution is 7.89. The Labute approximate surface area is 313 Å². The van der Waals surface area contributed by atoms with Gasteiger partial charge in [-0.05, 0) is 77.5 Å². The van der Waals surface area contributed by atoms with Crippen LogP contribution in [-0.2, 0) is 30.5 Å². The Morgan fingerprint density at radius 3 is 2.13 bits per heavy atom. The summed E-state index contributed by atoms with van der Waals surface area (Å²) < 4.78 is 61.9. The van der Waals surface area contributed by atoms with Gasteiger partial charge in [-0.15, -0.1) is 0 Å². The van der Waals surface area contributed by atoms with Gasteiger partial charge < -0.3 is 28.3 Å². The Bertz CT molecular complexity index is 1680. The van der Waals surface area contributed by atoms with Gasteiger partial charge in [-0.3, -0.25) is 0 Å². The second kappa shape index (κ2) is 17.5. The van der Waals surface area contributed by atoms with Gasteiger partial charge >= 0.3 is 0 Å². The third-order valence-electron chi connectivity index (χ3n) is 11.0. The third kappa shape index (κ3) is 8.71. The molecule has 286 valence electrons. The molecule has 0 saturated carbocycles. The number of benzene rings is 3. The lowest BCUT2D eigenvalue weighted by Gasteiger charge is -2.50. The summed E-state index contributed by atoms with van der Waals surface area (Å²) >= 11 is 0. The monoisotopic (exact) mass is 752 g/mol. The molecule has 3 aromatic rings. The van der Waals surface area contributed by atoms with E-state index in [1.54, 1.807) is 30.7 Å². The molecule has 2 aliphatic heterocycles. The number of fused-ring (bicyclic) bond motifs is 1. The fourth-order valence-corrected chi connectivity index (χ4v) is 15.5. The summed E-state index contributed by atoms with van der Waals surface area (Å²) in [6, 6.07) is 21.4. The number of anilines is 1. The number of piperidine rings is 1. The highest BCUT2D eigenvalue weighted by atomic mass is 32.2. The van der Waals surface area contributed by atoms with Gasteiger partial charge in [0.1, 0.15) is 18.1 Å². The van der Waals surface area contributed by atoms with Crippen LogP contribution in [0.3, 0.4) is 0 Å². The van der Waals surface area contributed by atoms with Crippen LogP contribution in [0, 0.1) is 6.92 Å². The number of nitrogens with zero attached hydrogens (tertiary/aromatic N) is 2. The maximum absolute atomic E-state index is 14.4. The molecule has 9 nitrogen and oxygen atoms in total. The van der Waals surface area contributed by atoms with Gasteiger partial charge in [0.05, 0.1) is 43.1 Å². The van der Waals surface area contributed by atoms with Crippen molar-refractivity contribution in [2.45, 2.75) is 101 Å². The summed E-state index contributed by atoms with van der Waals surface area (Å²) in [6.45, 7) is 19.3. The summed E-state index contributed by atoms with van der Waals surface area (Å²) in [7, 11) is -2.93. The molecule has 3 atom stereocenters. The van der Waals surface area contributed by atoms with E-state index < -0.39 is 30.5 Å². The number of hydrogen-bond acceptors (Lipinski definition) is 8. The fourth-order valence-electron chi connectivity index (χ4n) is 8.43. The summed E-state index contributed by atoms with van der Waals surface area (Å²) in [5.74, 6) is 1.41. The highest BCUT2D eigenvalue weighted by Gasteiger charge is 2.51. The molecular weight excluding hydrogens is 693 g/mol. The van der Waals surface area contributed by atoms with Crippen LogP contribution in [0.25, 0.3) is 0 Å². The molecule has 2 aliphatic rings. The minimum Gasteiger partial charge on any atom is -0.497 e. The van der Waals surface area contributed by atoms with Gasteiger partial charge in [0.2, 0.25) is 18.3 Å². The molecule has 3 aromatic carbocycles. The van der Waals surface area contributed by atoms with Crippen molar-refractivity contribution in [3.8, 4) is 11.5 Å². The Balaban J connectivity index is 1.56. The molecule has 0 spiro atoms. The zero-order chi connectivity index (χ0) is 37.6. The van der Waals surface area contributed by atoms with Crippen molar-refractivity contribution < 1.29 is 31.8 Å². The Hall–Kier alpha value is -2.93. The average Bonchev–Trinajstić information content (AvgIpc) is 3.12. The Morgan fingerprint density at radius 2 is 1.52 bits per heavy atom. The van der Waals surface area contributed by atoms with E-state index in [0.29, 0.717) is 36.4 Å². The zero-order valence-corrected chi connectivity index (χ0v) is 34.4. The zero-order valence-electron chi connectivity index (χ0n) is 32.6. The normalized spacial score (nSPS) is 20.0. The van der Waals surface area contributed by atoms with Gasteiger partial charge in [0, 0.05) is 39.3 Å². The van der Waals surface area contributed by atoms with E-state index >= 15 is 0 Å². The SMILES string of the molecule is COCCCN1CCOc2ccc(CO[C@H]3CN(S(=O)(=O)c4ccc(C)cc4)C[C@@H](O[Si](C(C)C)(C(C)C)C(C)C)[C@@H]3c3ccc(OC)cc3)cc21. The number of sulfonamides is 1. The standard InChI is InChI=1S/C41H60N2O7SSi/c1-29(2)52(30(3)4,31(5)6)50-40-27-43(51(44,45)36-18-11-32(7)12-19-36)26-39(41(40)34-14-16-35(47-9)17-15-34)49-28-33-13-20-38-37(25-33)42(22-24-48-38)21-10-23-46-8/h11-20,25,29-31,39-41H,10,21-24,26-28H2,1-9H3/t39-,40+,41+/m0/s1. The van der Waals surface area contributed by atoms with E-state index in [1.165, 1.54) is 0 Å². The van der Waals surface area contributed by atoms with Crippen molar-refractivity contribution in [2.75, 3.05) is 58.5 Å². The van der Waals surface area contributed by atoms with Crippen LogP contribution in [0.2, 0.25) is 16.6 Å². The van der Waals surface area contributed by atoms with E-state index in [9.17, 15) is 8.42 Å². The molecule has 0 aliphatic carbocycles. The van der Waals surface area contributed by atoms with Gasteiger partial charge in [0.25, 0.3) is 0 Å². The minimum absolute atomic E-state index is 0.198. The van der Waals surface area contributed by atoms with Crippen LogP contribution in [0.4, 0.5) is 5.69 Å². The second-order valence-electron chi connectivity index (χ2n) is 15.2.